The summed E-state index contributed by atoms with van der Waals surface area (Å²) in [6, 6.07) is 0. The number of oxime groups is 2. The molecule has 1 saturated heterocycles. The third-order valence-electron chi connectivity index (χ3n) is 9.96. The molecule has 1 heterocycles. The van der Waals surface area contributed by atoms with Gasteiger partial charge in [0, 0.05) is 42.9 Å². The van der Waals surface area contributed by atoms with Crippen LogP contribution in [0.5, 0.6) is 0 Å². The molecule has 5 fully saturated rings. The molecule has 0 aromatic carbocycles. The van der Waals surface area contributed by atoms with Gasteiger partial charge in [-0.15, -0.1) is 0 Å². The van der Waals surface area contributed by atoms with E-state index in [2.05, 4.69) is 29.5 Å². The summed E-state index contributed by atoms with van der Waals surface area (Å²) in [4.78, 5) is 43.0. The number of Topliss-reactive ketones (excluding diaryl/α,β-unsaturated/α-hetero) is 1. The number of carboxylic acid groups (broad SMARTS) is 2. The van der Waals surface area contributed by atoms with Crippen molar-refractivity contribution in [3.63, 3.8) is 0 Å². The third-order valence-corrected chi connectivity index (χ3v) is 9.96. The van der Waals surface area contributed by atoms with Crippen molar-refractivity contribution in [3.8, 4) is 0 Å². The average molecular weight is 532 g/mol. The van der Waals surface area contributed by atoms with Crippen molar-refractivity contribution in [1.29, 1.82) is 0 Å². The number of carbonyl (C=O) groups excluding carboxylic acids is 1. The Bertz CT molecular complexity index is 1000. The summed E-state index contributed by atoms with van der Waals surface area (Å²) >= 11 is 0. The second-order valence-electron chi connectivity index (χ2n) is 11.9. The van der Waals surface area contributed by atoms with E-state index in [-0.39, 0.29) is 11.5 Å². The molecular formula is C28H41N3O7. The van der Waals surface area contributed by atoms with Crippen molar-refractivity contribution in [1.82, 2.24) is 5.32 Å². The van der Waals surface area contributed by atoms with Crippen LogP contribution in [-0.4, -0.2) is 65.7 Å². The van der Waals surface area contributed by atoms with Gasteiger partial charge in [0.1, 0.15) is 19.0 Å². The summed E-state index contributed by atoms with van der Waals surface area (Å²) in [5, 5.41) is 28.1. The number of nitrogens with one attached hydrogen (secondary N) is 1. The molecule has 4 saturated carbocycles. The average Bonchev–Trinajstić information content (AvgIpc) is 3.50. The standard InChI is InChI=1S/C24H37N3O3.C4H4O4/c1-23-9-6-16(26-30-17-8-11-25-14-17)12-15(23)13-20(27-29-3)22-18-4-5-21(28)24(18,2)10-7-19(22)23;5-3(6)1-2-4(7)8/h15,17-19,22,25H,4-14H2,1-3H3;1-2H,(H,5,6)(H,7,8)/b26-16?,27-20+;2-1+/t15-,17-,18+,19+,22+,23+,24+;/m1./s1. The number of aliphatic carboxylic acids is 2. The summed E-state index contributed by atoms with van der Waals surface area (Å²) in [6.07, 6.45) is 10.5. The van der Waals surface area contributed by atoms with Crippen molar-refractivity contribution in [2.45, 2.75) is 77.7 Å². The van der Waals surface area contributed by atoms with E-state index in [9.17, 15) is 14.4 Å². The maximum absolute atomic E-state index is 12.8. The minimum Gasteiger partial charge on any atom is -0.478 e. The molecule has 38 heavy (non-hydrogen) atoms. The van der Waals surface area contributed by atoms with Gasteiger partial charge in [0.2, 0.25) is 0 Å². The first kappa shape index (κ1) is 28.3. The summed E-state index contributed by atoms with van der Waals surface area (Å²) in [7, 11) is 1.66. The summed E-state index contributed by atoms with van der Waals surface area (Å²) < 4.78 is 0. The summed E-state index contributed by atoms with van der Waals surface area (Å²) in [5.41, 5.74) is 2.57. The van der Waals surface area contributed by atoms with Gasteiger partial charge in [0.05, 0.1) is 11.4 Å². The maximum atomic E-state index is 12.8. The second-order valence-corrected chi connectivity index (χ2v) is 11.9. The van der Waals surface area contributed by atoms with Crippen LogP contribution in [0, 0.1) is 34.5 Å². The quantitative estimate of drug-likeness (QED) is 0.360. The summed E-state index contributed by atoms with van der Waals surface area (Å²) in [5.74, 6) is -0.0756. The highest BCUT2D eigenvalue weighted by Crippen LogP contribution is 2.64. The molecule has 0 bridgehead atoms. The van der Waals surface area contributed by atoms with Crippen LogP contribution in [0.2, 0.25) is 0 Å². The third kappa shape index (κ3) is 5.65. The molecule has 210 valence electrons. The van der Waals surface area contributed by atoms with E-state index in [1.807, 2.05) is 0 Å². The fourth-order valence-corrected chi connectivity index (χ4v) is 7.85. The molecule has 4 aliphatic carbocycles. The highest BCUT2D eigenvalue weighted by molar-refractivity contribution is 5.94. The number of hydrogen-bond acceptors (Lipinski definition) is 8. The fourth-order valence-electron chi connectivity index (χ4n) is 7.85. The van der Waals surface area contributed by atoms with E-state index in [1.54, 1.807) is 7.11 Å². The Balaban J connectivity index is 0.000000368. The van der Waals surface area contributed by atoms with Crippen molar-refractivity contribution in [2.24, 2.45) is 44.8 Å². The van der Waals surface area contributed by atoms with Crippen LogP contribution in [0.1, 0.15) is 71.6 Å². The number of hydrogen-bond donors (Lipinski definition) is 3. The Kier molecular flexibility index (Phi) is 8.59. The predicted molar refractivity (Wildman–Crippen MR) is 141 cm³/mol. The Morgan fingerprint density at radius 2 is 1.74 bits per heavy atom. The van der Waals surface area contributed by atoms with Crippen molar-refractivity contribution >= 4 is 29.1 Å². The van der Waals surface area contributed by atoms with Crippen LogP contribution in [0.4, 0.5) is 0 Å². The first-order chi connectivity index (χ1) is 18.1. The number of carbonyl (C=O) groups is 3. The molecule has 7 atom stereocenters. The number of rotatable bonds is 5. The van der Waals surface area contributed by atoms with Gasteiger partial charge in [0.15, 0.2) is 0 Å². The Morgan fingerprint density at radius 1 is 1.00 bits per heavy atom. The van der Waals surface area contributed by atoms with Crippen LogP contribution in [0.3, 0.4) is 0 Å². The van der Waals surface area contributed by atoms with Crippen molar-refractivity contribution in [3.05, 3.63) is 12.2 Å². The van der Waals surface area contributed by atoms with Gasteiger partial charge in [-0.25, -0.2) is 9.59 Å². The van der Waals surface area contributed by atoms with E-state index in [4.69, 9.17) is 19.9 Å². The zero-order valence-corrected chi connectivity index (χ0v) is 22.6. The van der Waals surface area contributed by atoms with Crippen LogP contribution < -0.4 is 5.32 Å². The molecule has 0 unspecified atom stereocenters. The van der Waals surface area contributed by atoms with Crippen LogP contribution in [0.25, 0.3) is 0 Å². The molecule has 10 nitrogen and oxygen atoms in total. The van der Waals surface area contributed by atoms with Crippen molar-refractivity contribution in [2.75, 3.05) is 20.2 Å². The lowest BCUT2D eigenvalue weighted by Crippen LogP contribution is -2.57. The molecule has 0 aromatic rings. The molecule has 5 rings (SSSR count). The largest absolute Gasteiger partial charge is 0.478 e. The molecule has 5 aliphatic rings. The molecular weight excluding hydrogens is 490 g/mol. The number of ketones is 1. The normalized spacial score (nSPS) is 40.2. The monoisotopic (exact) mass is 531 g/mol. The molecule has 0 spiro atoms. The SMILES string of the molecule is CO/N=C1\C[C@H]2CC(=NO[C@@H]3CCNC3)CC[C@]2(C)[C@H]2CC[C@]3(C)C(=O)CC[C@H]3[C@H]12.O=C(O)/C=C/C(=O)O. The zero-order chi connectivity index (χ0) is 27.5. The van der Waals surface area contributed by atoms with Crippen LogP contribution >= 0.6 is 0 Å². The maximum Gasteiger partial charge on any atom is 0.328 e. The van der Waals surface area contributed by atoms with Gasteiger partial charge in [-0.2, -0.15) is 0 Å². The Hall–Kier alpha value is -2.75. The number of nitrogens with zero attached hydrogens (tertiary/aromatic N) is 2. The molecule has 1 aliphatic heterocycles. The predicted octanol–water partition coefficient (Wildman–Crippen LogP) is 3.66. The van der Waals surface area contributed by atoms with Gasteiger partial charge in [-0.3, -0.25) is 4.79 Å². The lowest BCUT2D eigenvalue weighted by Gasteiger charge is -2.59. The Morgan fingerprint density at radius 3 is 2.37 bits per heavy atom. The van der Waals surface area contributed by atoms with E-state index >= 15 is 0 Å². The number of fused-ring (bicyclic) bond motifs is 5. The number of carboxylic acids is 2. The van der Waals surface area contributed by atoms with Gasteiger partial charge in [-0.05, 0) is 74.7 Å². The van der Waals surface area contributed by atoms with Gasteiger partial charge < -0.3 is 25.2 Å². The lowest BCUT2D eigenvalue weighted by molar-refractivity contribution is -0.134. The van der Waals surface area contributed by atoms with Crippen molar-refractivity contribution < 1.29 is 34.3 Å². The van der Waals surface area contributed by atoms with Gasteiger partial charge >= 0.3 is 11.9 Å². The first-order valence-electron chi connectivity index (χ1n) is 13.8. The van der Waals surface area contributed by atoms with Gasteiger partial charge in [-0.1, -0.05) is 24.2 Å². The second kappa shape index (κ2) is 11.6. The molecule has 0 radical (unpaired) electrons. The lowest BCUT2D eigenvalue weighted by atomic mass is 9.45. The topological polar surface area (TPSA) is 147 Å². The highest BCUT2D eigenvalue weighted by atomic mass is 16.6. The van der Waals surface area contributed by atoms with Crippen LogP contribution in [-0.2, 0) is 24.1 Å². The minimum atomic E-state index is -1.26. The molecule has 3 N–H and O–H groups in total. The highest BCUT2D eigenvalue weighted by Gasteiger charge is 2.62. The summed E-state index contributed by atoms with van der Waals surface area (Å²) in [6.45, 7) is 6.67. The Labute approximate surface area is 223 Å². The minimum absolute atomic E-state index is 0.149. The molecule has 0 amide bonds. The smallest absolute Gasteiger partial charge is 0.328 e. The van der Waals surface area contributed by atoms with E-state index in [0.717, 1.165) is 64.5 Å². The first-order valence-corrected chi connectivity index (χ1v) is 13.8. The molecule has 0 aromatic heterocycles. The zero-order valence-electron chi connectivity index (χ0n) is 22.6. The van der Waals surface area contributed by atoms with Gasteiger partial charge in [0.25, 0.3) is 0 Å². The van der Waals surface area contributed by atoms with Crippen LogP contribution in [0.15, 0.2) is 22.5 Å². The van der Waals surface area contributed by atoms with E-state index in [1.165, 1.54) is 17.8 Å². The fraction of sp³-hybridized carbons (Fsp3) is 0.750. The molecule has 10 heteroatoms. The van der Waals surface area contributed by atoms with E-state index < -0.39 is 11.9 Å². The van der Waals surface area contributed by atoms with E-state index in [0.29, 0.717) is 47.0 Å².